The van der Waals surface area contributed by atoms with Crippen molar-refractivity contribution in [3.63, 3.8) is 0 Å². The summed E-state index contributed by atoms with van der Waals surface area (Å²) in [5, 5.41) is 5.22. The summed E-state index contributed by atoms with van der Waals surface area (Å²) in [5.41, 5.74) is 2.30. The number of aromatic nitrogens is 3. The van der Waals surface area contributed by atoms with Gasteiger partial charge in [-0.15, -0.1) is 0 Å². The van der Waals surface area contributed by atoms with Crippen LogP contribution in [0.1, 0.15) is 48.8 Å². The molecule has 2 aromatic heterocycles. The summed E-state index contributed by atoms with van der Waals surface area (Å²) < 4.78 is 7.28. The molecule has 0 aliphatic heterocycles. The molecule has 1 aromatic carbocycles. The minimum Gasteiger partial charge on any atom is -0.496 e. The third-order valence-electron chi connectivity index (χ3n) is 4.66. The van der Waals surface area contributed by atoms with Crippen LogP contribution in [-0.2, 0) is 0 Å². The molecular weight excluding hydrogens is 328 g/mol. The Bertz CT molecular complexity index is 932. The van der Waals surface area contributed by atoms with E-state index in [4.69, 9.17) is 4.74 Å². The minimum atomic E-state index is -0.132. The molecular formula is C20H24N4O2. The molecule has 6 heteroatoms. The second-order valence-corrected chi connectivity index (χ2v) is 6.65. The van der Waals surface area contributed by atoms with Crippen molar-refractivity contribution in [3.05, 3.63) is 53.9 Å². The number of fused-ring (bicyclic) bond motifs is 1. The first-order valence-electron chi connectivity index (χ1n) is 8.67. The van der Waals surface area contributed by atoms with Gasteiger partial charge in [0.25, 0.3) is 5.91 Å². The first kappa shape index (κ1) is 17.9. The predicted molar refractivity (Wildman–Crippen MR) is 101 cm³/mol. The summed E-state index contributed by atoms with van der Waals surface area (Å²) in [6, 6.07) is 9.67. The Morgan fingerprint density at radius 3 is 2.62 bits per heavy atom. The summed E-state index contributed by atoms with van der Waals surface area (Å²) in [6.45, 7) is 6.09. The van der Waals surface area contributed by atoms with Crippen LogP contribution in [0.4, 0.5) is 0 Å². The Balaban J connectivity index is 1.89. The highest BCUT2D eigenvalue weighted by Gasteiger charge is 2.22. The molecule has 0 aliphatic carbocycles. The van der Waals surface area contributed by atoms with E-state index in [1.807, 2.05) is 41.9 Å². The molecule has 3 rings (SSSR count). The number of para-hydroxylation sites is 1. The Morgan fingerprint density at radius 2 is 1.92 bits per heavy atom. The van der Waals surface area contributed by atoms with Crippen molar-refractivity contribution in [2.24, 2.45) is 0 Å². The maximum Gasteiger partial charge on any atom is 0.255 e. The largest absolute Gasteiger partial charge is 0.496 e. The standard InChI is InChI=1S/C20H24N4O2/c1-13(2)24-19-15(12-22-24)10-16(11-21-19)20(25)23(4)14(3)17-8-6-7-9-18(17)26-5/h6-14H,1-5H3. The number of benzene rings is 1. The first-order chi connectivity index (χ1) is 12.4. The lowest BCUT2D eigenvalue weighted by atomic mass is 10.1. The van der Waals surface area contributed by atoms with E-state index in [2.05, 4.69) is 23.9 Å². The van der Waals surface area contributed by atoms with Gasteiger partial charge < -0.3 is 9.64 Å². The van der Waals surface area contributed by atoms with E-state index in [-0.39, 0.29) is 18.0 Å². The average molecular weight is 352 g/mol. The van der Waals surface area contributed by atoms with Gasteiger partial charge in [0.05, 0.1) is 24.9 Å². The van der Waals surface area contributed by atoms with Gasteiger partial charge in [-0.2, -0.15) is 5.10 Å². The molecule has 26 heavy (non-hydrogen) atoms. The van der Waals surface area contributed by atoms with E-state index in [0.717, 1.165) is 22.3 Å². The fourth-order valence-corrected chi connectivity index (χ4v) is 3.03. The topological polar surface area (TPSA) is 60.2 Å². The van der Waals surface area contributed by atoms with Gasteiger partial charge in [-0.3, -0.25) is 4.79 Å². The molecule has 0 saturated heterocycles. The highest BCUT2D eigenvalue weighted by molar-refractivity contribution is 5.97. The summed E-state index contributed by atoms with van der Waals surface area (Å²) in [4.78, 5) is 19.1. The van der Waals surface area contributed by atoms with E-state index in [9.17, 15) is 4.79 Å². The molecule has 3 aromatic rings. The number of methoxy groups -OCH3 is 1. The van der Waals surface area contributed by atoms with Gasteiger partial charge in [-0.05, 0) is 32.9 Å². The van der Waals surface area contributed by atoms with Crippen molar-refractivity contribution in [2.75, 3.05) is 14.2 Å². The predicted octanol–water partition coefficient (Wildman–Crippen LogP) is 3.85. The number of carbonyl (C=O) groups excluding carboxylic acids is 1. The van der Waals surface area contributed by atoms with E-state index < -0.39 is 0 Å². The van der Waals surface area contributed by atoms with Crippen LogP contribution >= 0.6 is 0 Å². The minimum absolute atomic E-state index is 0.0879. The SMILES string of the molecule is COc1ccccc1C(C)N(C)C(=O)c1cnc2c(cnn2C(C)C)c1. The fraction of sp³-hybridized carbons (Fsp3) is 0.350. The van der Waals surface area contributed by atoms with Gasteiger partial charge in [0.15, 0.2) is 5.65 Å². The van der Waals surface area contributed by atoms with Crippen LogP contribution in [0.15, 0.2) is 42.7 Å². The zero-order chi connectivity index (χ0) is 18.8. The summed E-state index contributed by atoms with van der Waals surface area (Å²) in [5.74, 6) is 0.682. The van der Waals surface area contributed by atoms with E-state index >= 15 is 0 Å². The third kappa shape index (κ3) is 3.14. The van der Waals surface area contributed by atoms with E-state index in [1.54, 1.807) is 31.5 Å². The zero-order valence-corrected chi connectivity index (χ0v) is 15.8. The van der Waals surface area contributed by atoms with Crippen LogP contribution in [0.2, 0.25) is 0 Å². The molecule has 0 bridgehead atoms. The quantitative estimate of drug-likeness (QED) is 0.700. The molecule has 2 heterocycles. The molecule has 1 unspecified atom stereocenters. The molecule has 1 amide bonds. The van der Waals surface area contributed by atoms with Crippen molar-refractivity contribution in [1.29, 1.82) is 0 Å². The van der Waals surface area contributed by atoms with Crippen LogP contribution in [-0.4, -0.2) is 39.7 Å². The Morgan fingerprint density at radius 1 is 1.19 bits per heavy atom. The molecule has 6 nitrogen and oxygen atoms in total. The second kappa shape index (κ2) is 7.15. The van der Waals surface area contributed by atoms with Crippen molar-refractivity contribution >= 4 is 16.9 Å². The lowest BCUT2D eigenvalue weighted by molar-refractivity contribution is 0.0741. The number of nitrogens with zero attached hydrogens (tertiary/aromatic N) is 4. The monoisotopic (exact) mass is 352 g/mol. The van der Waals surface area contributed by atoms with Crippen molar-refractivity contribution in [1.82, 2.24) is 19.7 Å². The maximum atomic E-state index is 13.0. The Labute approximate surface area is 153 Å². The summed E-state index contributed by atoms with van der Waals surface area (Å²) in [6.07, 6.45) is 3.37. The van der Waals surface area contributed by atoms with Gasteiger partial charge in [-0.1, -0.05) is 18.2 Å². The van der Waals surface area contributed by atoms with Gasteiger partial charge in [0.1, 0.15) is 5.75 Å². The van der Waals surface area contributed by atoms with Crippen molar-refractivity contribution in [3.8, 4) is 5.75 Å². The first-order valence-corrected chi connectivity index (χ1v) is 8.67. The number of amides is 1. The lowest BCUT2D eigenvalue weighted by Crippen LogP contribution is -2.30. The van der Waals surface area contributed by atoms with Crippen LogP contribution < -0.4 is 4.74 Å². The molecule has 0 fully saturated rings. The number of carbonyl (C=O) groups is 1. The highest BCUT2D eigenvalue weighted by atomic mass is 16.5. The summed E-state index contributed by atoms with van der Waals surface area (Å²) in [7, 11) is 3.43. The van der Waals surface area contributed by atoms with Crippen LogP contribution in [0.25, 0.3) is 11.0 Å². The third-order valence-corrected chi connectivity index (χ3v) is 4.66. The van der Waals surface area contributed by atoms with Crippen LogP contribution in [0.5, 0.6) is 5.75 Å². The maximum absolute atomic E-state index is 13.0. The lowest BCUT2D eigenvalue weighted by Gasteiger charge is -2.26. The Hall–Kier alpha value is -2.89. The summed E-state index contributed by atoms with van der Waals surface area (Å²) >= 11 is 0. The normalized spacial score (nSPS) is 12.4. The van der Waals surface area contributed by atoms with Gasteiger partial charge in [0, 0.05) is 30.2 Å². The molecule has 0 aliphatic rings. The van der Waals surface area contributed by atoms with Crippen molar-refractivity contribution < 1.29 is 9.53 Å². The molecule has 0 saturated carbocycles. The molecule has 1 atom stereocenters. The van der Waals surface area contributed by atoms with E-state index in [0.29, 0.717) is 5.56 Å². The number of hydrogen-bond donors (Lipinski definition) is 0. The second-order valence-electron chi connectivity index (χ2n) is 6.65. The van der Waals surface area contributed by atoms with Crippen LogP contribution in [0, 0.1) is 0 Å². The number of ether oxygens (including phenoxy) is 1. The molecule has 0 spiro atoms. The smallest absolute Gasteiger partial charge is 0.255 e. The molecule has 0 N–H and O–H groups in total. The zero-order valence-electron chi connectivity index (χ0n) is 15.8. The average Bonchev–Trinajstić information content (AvgIpc) is 3.09. The van der Waals surface area contributed by atoms with Gasteiger partial charge in [0.2, 0.25) is 0 Å². The van der Waals surface area contributed by atoms with Crippen LogP contribution in [0.3, 0.4) is 0 Å². The number of pyridine rings is 1. The Kier molecular flexibility index (Phi) is 4.93. The highest BCUT2D eigenvalue weighted by Crippen LogP contribution is 2.29. The van der Waals surface area contributed by atoms with Gasteiger partial charge >= 0.3 is 0 Å². The fourth-order valence-electron chi connectivity index (χ4n) is 3.03. The van der Waals surface area contributed by atoms with Gasteiger partial charge in [-0.25, -0.2) is 9.67 Å². The molecule has 0 radical (unpaired) electrons. The molecule has 136 valence electrons. The number of rotatable bonds is 5. The van der Waals surface area contributed by atoms with Crippen molar-refractivity contribution in [2.45, 2.75) is 32.9 Å². The van der Waals surface area contributed by atoms with E-state index in [1.165, 1.54) is 0 Å². The number of hydrogen-bond acceptors (Lipinski definition) is 4.